The molecule has 1 heterocycles. The van der Waals surface area contributed by atoms with E-state index >= 15 is 0 Å². The molecule has 1 aromatic rings. The molecule has 1 aliphatic rings. The highest BCUT2D eigenvalue weighted by atomic mass is 35.5. The number of hydrogen-bond acceptors (Lipinski definition) is 2. The number of nitrogens with one attached hydrogen (secondary N) is 1. The summed E-state index contributed by atoms with van der Waals surface area (Å²) in [4.78, 5) is 2.57. The Labute approximate surface area is 122 Å². The highest BCUT2D eigenvalue weighted by Gasteiger charge is 2.20. The smallest absolute Gasteiger partial charge is 0.0453 e. The number of nitrogens with zero attached hydrogens (tertiary/aromatic N) is 1. The van der Waals surface area contributed by atoms with E-state index in [2.05, 4.69) is 36.2 Å². The number of benzene rings is 1. The van der Waals surface area contributed by atoms with Crippen LogP contribution in [0.1, 0.15) is 44.7 Å². The molecule has 2 rings (SSSR count). The molecule has 106 valence electrons. The molecule has 0 radical (unpaired) electrons. The molecule has 1 fully saturated rings. The molecule has 0 saturated carbocycles. The van der Waals surface area contributed by atoms with Crippen LogP contribution in [-0.2, 0) is 0 Å². The van der Waals surface area contributed by atoms with Crippen LogP contribution in [0.3, 0.4) is 0 Å². The Hall–Kier alpha value is -0.570. The van der Waals surface area contributed by atoms with Crippen molar-refractivity contribution in [1.82, 2.24) is 10.2 Å². The first-order valence-corrected chi connectivity index (χ1v) is 7.81. The lowest BCUT2D eigenvalue weighted by Crippen LogP contribution is -2.43. The van der Waals surface area contributed by atoms with Crippen molar-refractivity contribution in [3.05, 3.63) is 34.9 Å². The molecule has 1 saturated heterocycles. The fourth-order valence-electron chi connectivity index (χ4n) is 2.91. The van der Waals surface area contributed by atoms with Crippen LogP contribution >= 0.6 is 11.6 Å². The van der Waals surface area contributed by atoms with Crippen LogP contribution in [0.5, 0.6) is 0 Å². The number of hydrogen-bond donors (Lipinski definition) is 1. The van der Waals surface area contributed by atoms with E-state index in [9.17, 15) is 0 Å². The lowest BCUT2D eigenvalue weighted by atomic mass is 10.0. The Bertz CT molecular complexity index is 386. The van der Waals surface area contributed by atoms with Gasteiger partial charge >= 0.3 is 0 Å². The van der Waals surface area contributed by atoms with Gasteiger partial charge in [0.25, 0.3) is 0 Å². The van der Waals surface area contributed by atoms with Crippen molar-refractivity contribution in [2.75, 3.05) is 19.6 Å². The van der Waals surface area contributed by atoms with Gasteiger partial charge < -0.3 is 10.2 Å². The normalized spacial score (nSPS) is 19.5. The summed E-state index contributed by atoms with van der Waals surface area (Å²) < 4.78 is 0. The SMILES string of the molecule is CCCN1CCC(NC(C)c2ccccc2Cl)CC1. The topological polar surface area (TPSA) is 15.3 Å². The lowest BCUT2D eigenvalue weighted by Gasteiger charge is -2.34. The Morgan fingerprint density at radius 1 is 1.32 bits per heavy atom. The molecule has 0 spiro atoms. The summed E-state index contributed by atoms with van der Waals surface area (Å²) in [5, 5.41) is 4.59. The summed E-state index contributed by atoms with van der Waals surface area (Å²) >= 11 is 6.25. The summed E-state index contributed by atoms with van der Waals surface area (Å²) in [6, 6.07) is 9.09. The van der Waals surface area contributed by atoms with Gasteiger partial charge in [-0.05, 0) is 57.5 Å². The Morgan fingerprint density at radius 3 is 2.63 bits per heavy atom. The molecule has 0 aliphatic carbocycles. The minimum Gasteiger partial charge on any atom is -0.307 e. The molecule has 1 unspecified atom stereocenters. The van der Waals surface area contributed by atoms with Crippen LogP contribution in [0, 0.1) is 0 Å². The van der Waals surface area contributed by atoms with Crippen molar-refractivity contribution in [3.8, 4) is 0 Å². The third kappa shape index (κ3) is 4.20. The zero-order valence-corrected chi connectivity index (χ0v) is 12.8. The van der Waals surface area contributed by atoms with Crippen LogP contribution in [0.2, 0.25) is 5.02 Å². The number of likely N-dealkylation sites (tertiary alicyclic amines) is 1. The highest BCUT2D eigenvalue weighted by Crippen LogP contribution is 2.24. The summed E-state index contributed by atoms with van der Waals surface area (Å²) in [7, 11) is 0. The van der Waals surface area contributed by atoms with Crippen LogP contribution < -0.4 is 5.32 Å². The standard InChI is InChI=1S/C16H25ClN2/c1-3-10-19-11-8-14(9-12-19)18-13(2)15-6-4-5-7-16(15)17/h4-7,13-14,18H,3,8-12H2,1-2H3. The zero-order chi connectivity index (χ0) is 13.7. The fourth-order valence-corrected chi connectivity index (χ4v) is 3.21. The number of rotatable bonds is 5. The predicted octanol–water partition coefficient (Wildman–Crippen LogP) is 3.87. The molecular weight excluding hydrogens is 256 g/mol. The fraction of sp³-hybridized carbons (Fsp3) is 0.625. The van der Waals surface area contributed by atoms with E-state index in [1.807, 2.05) is 12.1 Å². The highest BCUT2D eigenvalue weighted by molar-refractivity contribution is 6.31. The molecule has 1 aliphatic heterocycles. The van der Waals surface area contributed by atoms with Gasteiger partial charge in [0.2, 0.25) is 0 Å². The molecule has 19 heavy (non-hydrogen) atoms. The molecule has 3 heteroatoms. The molecule has 1 N–H and O–H groups in total. The molecule has 1 atom stereocenters. The molecular formula is C16H25ClN2. The van der Waals surface area contributed by atoms with Crippen LogP contribution in [0.15, 0.2) is 24.3 Å². The second-order valence-electron chi connectivity index (χ2n) is 5.53. The second-order valence-corrected chi connectivity index (χ2v) is 5.93. The van der Waals surface area contributed by atoms with Gasteiger partial charge in [-0.2, -0.15) is 0 Å². The van der Waals surface area contributed by atoms with E-state index in [0.717, 1.165) is 5.02 Å². The average Bonchev–Trinajstić information content (AvgIpc) is 2.42. The minimum atomic E-state index is 0.330. The summed E-state index contributed by atoms with van der Waals surface area (Å²) in [6.45, 7) is 8.15. The van der Waals surface area contributed by atoms with Crippen molar-refractivity contribution in [2.24, 2.45) is 0 Å². The van der Waals surface area contributed by atoms with Gasteiger partial charge in [0.15, 0.2) is 0 Å². The van der Waals surface area contributed by atoms with Crippen LogP contribution in [0.4, 0.5) is 0 Å². The van der Waals surface area contributed by atoms with Gasteiger partial charge in [0.1, 0.15) is 0 Å². The predicted molar refractivity (Wildman–Crippen MR) is 82.8 cm³/mol. The maximum absolute atomic E-state index is 6.25. The van der Waals surface area contributed by atoms with Gasteiger partial charge in [-0.1, -0.05) is 36.7 Å². The molecule has 0 bridgehead atoms. The van der Waals surface area contributed by atoms with Gasteiger partial charge in [0, 0.05) is 17.1 Å². The Morgan fingerprint density at radius 2 is 2.00 bits per heavy atom. The van der Waals surface area contributed by atoms with Crippen molar-refractivity contribution >= 4 is 11.6 Å². The van der Waals surface area contributed by atoms with Crippen LogP contribution in [-0.4, -0.2) is 30.6 Å². The van der Waals surface area contributed by atoms with Gasteiger partial charge in [-0.25, -0.2) is 0 Å². The van der Waals surface area contributed by atoms with Crippen LogP contribution in [0.25, 0.3) is 0 Å². The molecule has 1 aromatic carbocycles. The monoisotopic (exact) mass is 280 g/mol. The molecule has 2 nitrogen and oxygen atoms in total. The van der Waals surface area contributed by atoms with Crippen molar-refractivity contribution in [1.29, 1.82) is 0 Å². The number of halogens is 1. The van der Waals surface area contributed by atoms with E-state index in [4.69, 9.17) is 11.6 Å². The van der Waals surface area contributed by atoms with Crippen molar-refractivity contribution in [2.45, 2.75) is 45.2 Å². The summed E-state index contributed by atoms with van der Waals surface area (Å²) in [6.07, 6.45) is 3.75. The molecule has 0 amide bonds. The first kappa shape index (κ1) is 14.8. The number of piperidine rings is 1. The van der Waals surface area contributed by atoms with Crippen molar-refractivity contribution in [3.63, 3.8) is 0 Å². The first-order valence-electron chi connectivity index (χ1n) is 7.43. The van der Waals surface area contributed by atoms with Gasteiger partial charge in [-0.3, -0.25) is 0 Å². The summed E-state index contributed by atoms with van der Waals surface area (Å²) in [5.41, 5.74) is 1.21. The van der Waals surface area contributed by atoms with E-state index < -0.39 is 0 Å². The minimum absolute atomic E-state index is 0.330. The van der Waals surface area contributed by atoms with E-state index in [0.29, 0.717) is 12.1 Å². The first-order chi connectivity index (χ1) is 9.20. The Kier molecular flexibility index (Phi) is 5.68. The average molecular weight is 281 g/mol. The van der Waals surface area contributed by atoms with Crippen molar-refractivity contribution < 1.29 is 0 Å². The lowest BCUT2D eigenvalue weighted by molar-refractivity contribution is 0.192. The maximum Gasteiger partial charge on any atom is 0.0453 e. The largest absolute Gasteiger partial charge is 0.307 e. The maximum atomic E-state index is 6.25. The molecule has 0 aromatic heterocycles. The summed E-state index contributed by atoms with van der Waals surface area (Å²) in [5.74, 6) is 0. The van der Waals surface area contributed by atoms with E-state index in [1.54, 1.807) is 0 Å². The Balaban J connectivity index is 1.84. The van der Waals surface area contributed by atoms with Gasteiger partial charge in [0.05, 0.1) is 0 Å². The van der Waals surface area contributed by atoms with E-state index in [1.165, 1.54) is 44.5 Å². The third-order valence-corrected chi connectivity index (χ3v) is 4.33. The van der Waals surface area contributed by atoms with Gasteiger partial charge in [-0.15, -0.1) is 0 Å². The van der Waals surface area contributed by atoms with E-state index in [-0.39, 0.29) is 0 Å². The third-order valence-electron chi connectivity index (χ3n) is 3.98. The quantitative estimate of drug-likeness (QED) is 0.881. The second kappa shape index (κ2) is 7.28. The zero-order valence-electron chi connectivity index (χ0n) is 12.0.